The van der Waals surface area contributed by atoms with Crippen LogP contribution in [0, 0.1) is 0 Å². The first-order valence-corrected chi connectivity index (χ1v) is 26.4. The van der Waals surface area contributed by atoms with Gasteiger partial charge in [-0.25, -0.2) is 29.9 Å². The maximum absolute atomic E-state index is 15.6. The summed E-state index contributed by atoms with van der Waals surface area (Å²) in [7, 11) is 0. The number of aromatic nitrogens is 6. The molecule has 0 bridgehead atoms. The molecule has 0 atom stereocenters. The molecule has 11 nitrogen and oxygen atoms in total. The van der Waals surface area contributed by atoms with Crippen LogP contribution in [0.5, 0.6) is 46.0 Å². The van der Waals surface area contributed by atoms with Gasteiger partial charge in [-0.2, -0.15) is 0 Å². The van der Waals surface area contributed by atoms with Gasteiger partial charge in [0.25, 0.3) is 5.78 Å². The quantitative estimate of drug-likeness (QED) is 0.0761. The van der Waals surface area contributed by atoms with Crippen LogP contribution >= 0.6 is 0 Å². The molecule has 0 unspecified atom stereocenters. The summed E-state index contributed by atoms with van der Waals surface area (Å²) >= 11 is 0. The van der Waals surface area contributed by atoms with Crippen LogP contribution in [0.4, 0.5) is 0 Å². The Labute approximate surface area is 456 Å². The van der Waals surface area contributed by atoms with Crippen LogP contribution in [0.2, 0.25) is 0 Å². The Kier molecular flexibility index (Phi) is 15.5. The van der Waals surface area contributed by atoms with Crippen LogP contribution in [0.15, 0.2) is 194 Å². The lowest BCUT2D eigenvalue weighted by Gasteiger charge is -2.15. The lowest BCUT2D eigenvalue weighted by Crippen LogP contribution is -2.16. The molecule has 8 aromatic carbocycles. The second kappa shape index (κ2) is 23.3. The van der Waals surface area contributed by atoms with Crippen LogP contribution in [0.25, 0.3) is 45.6 Å². The van der Waals surface area contributed by atoms with Gasteiger partial charge in [-0.1, -0.05) is 152 Å². The summed E-state index contributed by atoms with van der Waals surface area (Å²) in [4.78, 5) is 45.5. The van der Waals surface area contributed by atoms with E-state index in [1.54, 1.807) is 0 Å². The molecule has 11 heteroatoms. The highest BCUT2D eigenvalue weighted by molar-refractivity contribution is 6.04. The van der Waals surface area contributed by atoms with Crippen LogP contribution in [0.3, 0.4) is 0 Å². The second-order valence-corrected chi connectivity index (χ2v) is 20.2. The molecule has 0 radical (unpaired) electrons. The van der Waals surface area contributed by atoms with E-state index in [0.717, 1.165) is 0 Å². The highest BCUT2D eigenvalue weighted by Crippen LogP contribution is 2.39. The fourth-order valence-electron chi connectivity index (χ4n) is 8.69. The van der Waals surface area contributed by atoms with Gasteiger partial charge in [0, 0.05) is 0 Å². The van der Waals surface area contributed by atoms with Gasteiger partial charge in [-0.05, 0) is 143 Å². The number of hydrogen-bond donors (Lipinski definition) is 0. The minimum Gasteiger partial charge on any atom is -0.457 e. The third-order valence-corrected chi connectivity index (χ3v) is 13.3. The van der Waals surface area contributed by atoms with Gasteiger partial charge in [0.2, 0.25) is 11.6 Å². The van der Waals surface area contributed by atoms with Crippen molar-refractivity contribution in [3.63, 3.8) is 0 Å². The zero-order valence-corrected chi connectivity index (χ0v) is 45.0. The number of benzene rings is 8. The van der Waals surface area contributed by atoms with E-state index >= 15 is 4.79 Å². The van der Waals surface area contributed by atoms with Crippen molar-refractivity contribution in [2.75, 3.05) is 0 Å². The molecule has 0 saturated heterocycles. The third-order valence-electron chi connectivity index (χ3n) is 13.3. The summed E-state index contributed by atoms with van der Waals surface area (Å²) in [5.41, 5.74) is 6.80. The van der Waals surface area contributed by atoms with E-state index in [0.29, 0.717) is 91.9 Å². The van der Waals surface area contributed by atoms with Gasteiger partial charge in [0.15, 0.2) is 23.3 Å². The summed E-state index contributed by atoms with van der Waals surface area (Å²) in [5, 5.41) is 0. The van der Waals surface area contributed by atoms with Gasteiger partial charge in [0.05, 0.1) is 22.3 Å². The Balaban J connectivity index is 1.13. The van der Waals surface area contributed by atoms with Crippen LogP contribution in [-0.2, 0) is 0 Å². The topological polar surface area (TPSA) is 131 Å². The molecule has 0 aliphatic rings. The Morgan fingerprint density at radius 3 is 0.692 bits per heavy atom. The molecule has 0 fully saturated rings. The SMILES string of the molecule is CC(C)c1ccc(Oc2ccccc2-c2nc(C(=O)c3nc(-c4ccccc4Oc4ccc(C(C)C)cc4)nc(-c4ccccc4Oc4ccc(C(C)C)cc4)n3)nc(-c3ccccc3Oc3ccc(C(C)C)cc3)n2)cc1. The smallest absolute Gasteiger partial charge is 0.267 e. The van der Waals surface area contributed by atoms with E-state index in [1.807, 2.05) is 194 Å². The van der Waals surface area contributed by atoms with Crippen molar-refractivity contribution >= 4 is 5.78 Å². The van der Waals surface area contributed by atoms with Crippen molar-refractivity contribution in [2.45, 2.75) is 79.1 Å². The lowest BCUT2D eigenvalue weighted by molar-refractivity contribution is 0.101. The fraction of sp³-hybridized carbons (Fsp3) is 0.179. The summed E-state index contributed by atoms with van der Waals surface area (Å²) in [6.45, 7) is 17.2. The Hall–Kier alpha value is -9.35. The minimum absolute atomic E-state index is 0.174. The molecular formula is C67H60N6O5. The first-order valence-electron chi connectivity index (χ1n) is 26.4. The average Bonchev–Trinajstić information content (AvgIpc) is 3.48. The molecule has 0 saturated carbocycles. The molecule has 2 heterocycles. The number of rotatable bonds is 18. The van der Waals surface area contributed by atoms with E-state index in [9.17, 15) is 0 Å². The molecule has 0 aliphatic carbocycles. The molecule has 0 aliphatic heterocycles. The predicted molar refractivity (Wildman–Crippen MR) is 307 cm³/mol. The van der Waals surface area contributed by atoms with Crippen molar-refractivity contribution in [2.24, 2.45) is 0 Å². The van der Waals surface area contributed by atoms with Gasteiger partial charge in [-0.15, -0.1) is 0 Å². The fourth-order valence-corrected chi connectivity index (χ4v) is 8.69. The molecule has 388 valence electrons. The molecule has 10 rings (SSSR count). The van der Waals surface area contributed by atoms with Crippen molar-refractivity contribution in [1.82, 2.24) is 29.9 Å². The maximum atomic E-state index is 15.6. The Morgan fingerprint density at radius 1 is 0.282 bits per heavy atom. The first kappa shape index (κ1) is 52.1. The average molecular weight is 1030 g/mol. The van der Waals surface area contributed by atoms with E-state index in [1.165, 1.54) is 22.3 Å². The van der Waals surface area contributed by atoms with E-state index in [2.05, 4.69) is 55.4 Å². The molecule has 10 aromatic rings. The lowest BCUT2D eigenvalue weighted by atomic mass is 10.0. The number of nitrogens with zero attached hydrogens (tertiary/aromatic N) is 6. The molecular weight excluding hydrogens is 969 g/mol. The highest BCUT2D eigenvalue weighted by atomic mass is 16.5. The summed E-state index contributed by atoms with van der Waals surface area (Å²) < 4.78 is 26.2. The monoisotopic (exact) mass is 1030 g/mol. The molecule has 0 amide bonds. The zero-order valence-electron chi connectivity index (χ0n) is 45.0. The minimum atomic E-state index is -0.694. The van der Waals surface area contributed by atoms with Crippen molar-refractivity contribution in [3.05, 3.63) is 228 Å². The zero-order chi connectivity index (χ0) is 54.3. The Morgan fingerprint density at radius 2 is 0.487 bits per heavy atom. The van der Waals surface area contributed by atoms with Crippen molar-refractivity contribution in [1.29, 1.82) is 0 Å². The third kappa shape index (κ3) is 12.0. The highest BCUT2D eigenvalue weighted by Gasteiger charge is 2.26. The summed E-state index contributed by atoms with van der Waals surface area (Å²) in [5.74, 6) is 5.30. The van der Waals surface area contributed by atoms with Crippen LogP contribution in [0.1, 0.15) is 118 Å². The van der Waals surface area contributed by atoms with E-state index in [-0.39, 0.29) is 34.9 Å². The van der Waals surface area contributed by atoms with Gasteiger partial charge >= 0.3 is 0 Å². The van der Waals surface area contributed by atoms with Gasteiger partial charge < -0.3 is 18.9 Å². The van der Waals surface area contributed by atoms with E-state index < -0.39 is 5.78 Å². The molecule has 0 N–H and O–H groups in total. The van der Waals surface area contributed by atoms with Crippen molar-refractivity contribution in [3.8, 4) is 91.5 Å². The molecule has 2 aromatic heterocycles. The van der Waals surface area contributed by atoms with Crippen LogP contribution < -0.4 is 18.9 Å². The van der Waals surface area contributed by atoms with Crippen LogP contribution in [-0.4, -0.2) is 35.7 Å². The summed E-state index contributed by atoms with van der Waals surface area (Å²) in [6.07, 6.45) is 0. The van der Waals surface area contributed by atoms with E-state index in [4.69, 9.17) is 48.9 Å². The molecule has 78 heavy (non-hydrogen) atoms. The number of ketones is 1. The van der Waals surface area contributed by atoms with Crippen molar-refractivity contribution < 1.29 is 23.7 Å². The second-order valence-electron chi connectivity index (χ2n) is 20.2. The standard InChI is InChI=1S/C67H60N6O5/c1-41(2)45-25-33-49(34-26-45)75-57-21-13-9-17-53(57)62-68-63(54-18-10-14-22-58(54)76-50-35-27-46(28-36-50)42(3)4)71-66(70-62)61(74)67-72-64(55-19-11-15-23-59(55)77-51-37-29-47(30-38-51)43(5)6)69-65(73-67)56-20-12-16-24-60(56)78-52-39-31-48(32-40-52)44(7)8/h9-44H,1-8H3. The number of carbonyl (C=O) groups excluding carboxylic acids is 1. The maximum Gasteiger partial charge on any atom is 0.267 e. The number of ether oxygens (including phenoxy) is 4. The largest absolute Gasteiger partial charge is 0.457 e. The normalized spacial score (nSPS) is 11.3. The number of hydrogen-bond acceptors (Lipinski definition) is 11. The number of para-hydroxylation sites is 4. The Bertz CT molecular complexity index is 3240. The predicted octanol–water partition coefficient (Wildman–Crippen LogP) is 17.6. The van der Waals surface area contributed by atoms with Gasteiger partial charge in [-0.3, -0.25) is 4.79 Å². The number of carbonyl (C=O) groups is 1. The first-order chi connectivity index (χ1) is 37.8. The molecule has 0 spiro atoms. The van der Waals surface area contributed by atoms with Gasteiger partial charge in [0.1, 0.15) is 46.0 Å². The summed E-state index contributed by atoms with van der Waals surface area (Å²) in [6, 6.07) is 61.7.